The molecule has 1 spiro atoms. The lowest BCUT2D eigenvalue weighted by atomic mass is 9.57. The molecule has 4 aliphatic heterocycles. The molecule has 118 valence electrons. The van der Waals surface area contributed by atoms with Gasteiger partial charge >= 0.3 is 0 Å². The summed E-state index contributed by atoms with van der Waals surface area (Å²) >= 11 is 0. The molecule has 4 saturated heterocycles. The van der Waals surface area contributed by atoms with Crippen LogP contribution in [0.4, 0.5) is 0 Å². The lowest BCUT2D eigenvalue weighted by Crippen LogP contribution is -2.74. The van der Waals surface area contributed by atoms with E-state index in [1.54, 1.807) is 4.90 Å². The van der Waals surface area contributed by atoms with Crippen LogP contribution in [0.15, 0.2) is 0 Å². The molecular weight excluding hydrogens is 270 g/mol. The Morgan fingerprint density at radius 3 is 2.67 bits per heavy atom. The number of hydrogen-bond donors (Lipinski definition) is 0. The van der Waals surface area contributed by atoms with Gasteiger partial charge in [0.2, 0.25) is 11.7 Å². The van der Waals surface area contributed by atoms with E-state index in [1.807, 2.05) is 20.9 Å². The second-order valence-corrected chi connectivity index (χ2v) is 7.67. The van der Waals surface area contributed by atoms with E-state index in [4.69, 9.17) is 14.5 Å². The first-order valence-electron chi connectivity index (χ1n) is 8.20. The van der Waals surface area contributed by atoms with Crippen LogP contribution in [0.5, 0.6) is 0 Å². The molecule has 4 heterocycles. The second-order valence-electron chi connectivity index (χ2n) is 7.67. The fourth-order valence-corrected chi connectivity index (χ4v) is 5.29. The van der Waals surface area contributed by atoms with Crippen molar-refractivity contribution >= 4 is 5.91 Å². The Morgan fingerprint density at radius 1 is 1.14 bits per heavy atom. The number of amides is 1. The van der Waals surface area contributed by atoms with E-state index in [0.717, 1.165) is 25.7 Å². The van der Waals surface area contributed by atoms with Crippen LogP contribution >= 0.6 is 0 Å². The van der Waals surface area contributed by atoms with Crippen LogP contribution in [0.25, 0.3) is 0 Å². The molecule has 2 bridgehead atoms. The zero-order valence-electron chi connectivity index (χ0n) is 13.3. The predicted molar refractivity (Wildman–Crippen MR) is 74.7 cm³/mol. The molecule has 21 heavy (non-hydrogen) atoms. The van der Waals surface area contributed by atoms with Gasteiger partial charge in [-0.25, -0.2) is 9.78 Å². The van der Waals surface area contributed by atoms with Crippen molar-refractivity contribution in [3.63, 3.8) is 0 Å². The topological polar surface area (TPSA) is 48.0 Å². The third-order valence-corrected chi connectivity index (χ3v) is 6.49. The maximum Gasteiger partial charge on any atom is 0.227 e. The van der Waals surface area contributed by atoms with Crippen molar-refractivity contribution in [1.29, 1.82) is 0 Å². The molecule has 5 aliphatic rings. The number of likely N-dealkylation sites (tertiary alicyclic amines) is 1. The van der Waals surface area contributed by atoms with Crippen LogP contribution in [-0.2, 0) is 19.3 Å². The molecule has 5 nitrogen and oxygen atoms in total. The minimum absolute atomic E-state index is 0.0316. The summed E-state index contributed by atoms with van der Waals surface area (Å²) < 4.78 is 6.27. The Bertz CT molecular complexity index is 483. The van der Waals surface area contributed by atoms with Gasteiger partial charge in [0, 0.05) is 25.3 Å². The van der Waals surface area contributed by atoms with E-state index in [2.05, 4.69) is 6.92 Å². The third kappa shape index (κ3) is 1.60. The van der Waals surface area contributed by atoms with Gasteiger partial charge in [-0.15, -0.1) is 0 Å². The summed E-state index contributed by atoms with van der Waals surface area (Å²) in [6, 6.07) is 0. The Balaban J connectivity index is 1.87. The Hall–Kier alpha value is -0.650. The molecule has 5 fully saturated rings. The first-order valence-corrected chi connectivity index (χ1v) is 8.20. The molecule has 7 atom stereocenters. The fourth-order valence-electron chi connectivity index (χ4n) is 5.29. The quantitative estimate of drug-likeness (QED) is 0.643. The second kappa shape index (κ2) is 4.21. The van der Waals surface area contributed by atoms with Crippen LogP contribution in [0.2, 0.25) is 0 Å². The number of carbonyl (C=O) groups excluding carboxylic acids is 1. The predicted octanol–water partition coefficient (Wildman–Crippen LogP) is 2.31. The monoisotopic (exact) mass is 295 g/mol. The van der Waals surface area contributed by atoms with Gasteiger partial charge in [0.15, 0.2) is 11.8 Å². The summed E-state index contributed by atoms with van der Waals surface area (Å²) in [7, 11) is 1.85. The minimum Gasteiger partial charge on any atom is -0.321 e. The summed E-state index contributed by atoms with van der Waals surface area (Å²) in [5.74, 6) is 0.565. The van der Waals surface area contributed by atoms with E-state index < -0.39 is 11.4 Å². The molecule has 1 unspecified atom stereocenters. The van der Waals surface area contributed by atoms with Crippen LogP contribution < -0.4 is 0 Å². The summed E-state index contributed by atoms with van der Waals surface area (Å²) in [6.07, 6.45) is 3.71. The number of likely N-dealkylation sites (N-methyl/N-ethyl adjacent to an activating group) is 1. The fraction of sp³-hybridized carbons (Fsp3) is 0.938. The standard InChI is InChI=1S/C16H25NO4/c1-9-5-6-12-10(2)13(18)17(4)14-16(12)11(9)7-8-15(3,19-14)20-21-16/h9-12,14H,5-8H2,1-4H3/t9-,10-,11+,12?,14-,15-,16-/m1/s1. The number of rotatable bonds is 0. The molecule has 1 aliphatic carbocycles. The van der Waals surface area contributed by atoms with Crippen molar-refractivity contribution in [2.75, 3.05) is 7.05 Å². The minimum atomic E-state index is -0.730. The van der Waals surface area contributed by atoms with Gasteiger partial charge in [-0.2, -0.15) is 0 Å². The summed E-state index contributed by atoms with van der Waals surface area (Å²) in [5.41, 5.74) is -0.490. The van der Waals surface area contributed by atoms with E-state index in [1.165, 1.54) is 0 Å². The Morgan fingerprint density at radius 2 is 1.90 bits per heavy atom. The van der Waals surface area contributed by atoms with Gasteiger partial charge in [-0.05, 0) is 38.0 Å². The molecule has 0 N–H and O–H groups in total. The molecule has 0 aromatic rings. The summed E-state index contributed by atoms with van der Waals surface area (Å²) in [6.45, 7) is 6.26. The number of nitrogens with zero attached hydrogens (tertiary/aromatic N) is 1. The van der Waals surface area contributed by atoms with E-state index in [9.17, 15) is 4.79 Å². The zero-order chi connectivity index (χ0) is 15.0. The highest BCUT2D eigenvalue weighted by atomic mass is 17.3. The van der Waals surface area contributed by atoms with Crippen LogP contribution in [-0.4, -0.2) is 35.5 Å². The highest BCUT2D eigenvalue weighted by Crippen LogP contribution is 2.59. The highest BCUT2D eigenvalue weighted by molar-refractivity contribution is 5.80. The van der Waals surface area contributed by atoms with Crippen molar-refractivity contribution in [3.8, 4) is 0 Å². The molecule has 0 radical (unpaired) electrons. The number of hydrogen-bond acceptors (Lipinski definition) is 4. The van der Waals surface area contributed by atoms with Crippen LogP contribution in [0, 0.1) is 23.7 Å². The molecule has 0 aromatic carbocycles. The van der Waals surface area contributed by atoms with E-state index in [-0.39, 0.29) is 24.0 Å². The van der Waals surface area contributed by atoms with Crippen molar-refractivity contribution in [2.24, 2.45) is 23.7 Å². The van der Waals surface area contributed by atoms with Gasteiger partial charge in [0.05, 0.1) is 0 Å². The average Bonchev–Trinajstić information content (AvgIpc) is 2.69. The van der Waals surface area contributed by atoms with Crippen molar-refractivity contribution < 1.29 is 19.3 Å². The normalized spacial score (nSPS) is 56.1. The number of ether oxygens (including phenoxy) is 1. The average molecular weight is 295 g/mol. The zero-order valence-corrected chi connectivity index (χ0v) is 13.3. The van der Waals surface area contributed by atoms with Gasteiger partial charge in [0.1, 0.15) is 0 Å². The lowest BCUT2D eigenvalue weighted by molar-refractivity contribution is -0.547. The first kappa shape index (κ1) is 14.0. The van der Waals surface area contributed by atoms with Gasteiger partial charge in [0.25, 0.3) is 0 Å². The molecule has 5 rings (SSSR count). The summed E-state index contributed by atoms with van der Waals surface area (Å²) in [5, 5.41) is 0. The van der Waals surface area contributed by atoms with Crippen molar-refractivity contribution in [1.82, 2.24) is 4.90 Å². The van der Waals surface area contributed by atoms with Crippen LogP contribution in [0.3, 0.4) is 0 Å². The SMILES string of the molecule is C[C@@H]1CCC2[C@@H](C)C(=O)N(C)[C@@H]3O[C@@]4(C)CC[C@@H]1[C@@]23OO4. The third-order valence-electron chi connectivity index (χ3n) is 6.49. The maximum atomic E-state index is 12.6. The molecule has 0 aromatic heterocycles. The van der Waals surface area contributed by atoms with E-state index in [0.29, 0.717) is 11.8 Å². The first-order chi connectivity index (χ1) is 9.89. The van der Waals surface area contributed by atoms with Gasteiger partial charge < -0.3 is 9.64 Å². The smallest absolute Gasteiger partial charge is 0.227 e. The van der Waals surface area contributed by atoms with Crippen LogP contribution in [0.1, 0.15) is 46.5 Å². The van der Waals surface area contributed by atoms with Gasteiger partial charge in [-0.3, -0.25) is 4.79 Å². The summed E-state index contributed by atoms with van der Waals surface area (Å²) in [4.78, 5) is 26.2. The molecule has 1 saturated carbocycles. The van der Waals surface area contributed by atoms with Gasteiger partial charge in [-0.1, -0.05) is 13.8 Å². The maximum absolute atomic E-state index is 12.6. The largest absolute Gasteiger partial charge is 0.321 e. The van der Waals surface area contributed by atoms with Crippen molar-refractivity contribution in [2.45, 2.75) is 64.1 Å². The van der Waals surface area contributed by atoms with E-state index >= 15 is 0 Å². The number of fused-ring (bicyclic) bond motifs is 2. The molecular formula is C16H25NO4. The Labute approximate surface area is 125 Å². The number of carbonyl (C=O) groups is 1. The van der Waals surface area contributed by atoms with Crippen molar-refractivity contribution in [3.05, 3.63) is 0 Å². The highest BCUT2D eigenvalue weighted by Gasteiger charge is 2.69. The Kier molecular flexibility index (Phi) is 2.80. The number of piperidine rings is 1. The lowest BCUT2D eigenvalue weighted by Gasteiger charge is -2.61. The molecule has 5 heteroatoms. The molecule has 1 amide bonds.